The van der Waals surface area contributed by atoms with Gasteiger partial charge in [0.15, 0.2) is 0 Å². The van der Waals surface area contributed by atoms with Gasteiger partial charge in [-0.2, -0.15) is 0 Å². The summed E-state index contributed by atoms with van der Waals surface area (Å²) in [6.45, 7) is 1.58. The first-order valence-corrected chi connectivity index (χ1v) is 9.57. The van der Waals surface area contributed by atoms with E-state index in [1.807, 2.05) is 23.1 Å². The van der Waals surface area contributed by atoms with E-state index in [0.29, 0.717) is 17.9 Å². The summed E-state index contributed by atoms with van der Waals surface area (Å²) in [7, 11) is 1.79. The number of imide groups is 1. The molecule has 8 heteroatoms. The Morgan fingerprint density at radius 2 is 2.00 bits per heavy atom. The van der Waals surface area contributed by atoms with Crippen molar-refractivity contribution >= 4 is 29.2 Å². The molecule has 1 aromatic carbocycles. The average molecular weight is 386 g/mol. The maximum absolute atomic E-state index is 12.1. The quantitative estimate of drug-likeness (QED) is 0.433. The summed E-state index contributed by atoms with van der Waals surface area (Å²) in [5.41, 5.74) is 2.83. The van der Waals surface area contributed by atoms with E-state index in [-0.39, 0.29) is 24.6 Å². The summed E-state index contributed by atoms with van der Waals surface area (Å²) in [4.78, 5) is 36.3. The fraction of sp³-hybridized carbons (Fsp3) is 0.500. The van der Waals surface area contributed by atoms with Crippen molar-refractivity contribution in [2.45, 2.75) is 31.6 Å². The van der Waals surface area contributed by atoms with Crippen LogP contribution in [0, 0.1) is 11.3 Å². The summed E-state index contributed by atoms with van der Waals surface area (Å²) in [6.07, 6.45) is 2.39. The smallest absolute Gasteiger partial charge is 0.317 e. The van der Waals surface area contributed by atoms with Crippen LogP contribution < -0.4 is 10.6 Å². The molecule has 0 saturated carbocycles. The number of hydrogen-bond acceptors (Lipinski definition) is 6. The Kier molecular flexibility index (Phi) is 6.08. The van der Waals surface area contributed by atoms with Crippen LogP contribution in [0.3, 0.4) is 0 Å². The summed E-state index contributed by atoms with van der Waals surface area (Å²) >= 11 is 0. The van der Waals surface area contributed by atoms with Gasteiger partial charge >= 0.3 is 5.97 Å². The van der Waals surface area contributed by atoms with Gasteiger partial charge in [0.2, 0.25) is 11.8 Å². The molecule has 2 aliphatic rings. The molecule has 2 aliphatic heterocycles. The average Bonchev–Trinajstić information content (AvgIpc) is 2.67. The van der Waals surface area contributed by atoms with Crippen molar-refractivity contribution in [2.24, 2.45) is 5.92 Å². The van der Waals surface area contributed by atoms with E-state index in [2.05, 4.69) is 10.6 Å². The van der Waals surface area contributed by atoms with E-state index in [4.69, 9.17) is 10.5 Å². The third kappa shape index (κ3) is 4.39. The van der Waals surface area contributed by atoms with Gasteiger partial charge in [-0.05, 0) is 49.9 Å². The van der Waals surface area contributed by atoms with Gasteiger partial charge in [0.05, 0.1) is 18.2 Å². The highest BCUT2D eigenvalue weighted by atomic mass is 16.4. The largest absolute Gasteiger partial charge is 0.480 e. The first kappa shape index (κ1) is 20.0. The van der Waals surface area contributed by atoms with E-state index in [1.54, 1.807) is 7.05 Å². The number of aliphatic carboxylic acids is 1. The monoisotopic (exact) mass is 386 g/mol. The molecule has 150 valence electrons. The molecule has 3 rings (SSSR count). The van der Waals surface area contributed by atoms with Crippen molar-refractivity contribution < 1.29 is 19.5 Å². The number of benzene rings is 1. The molecule has 4 N–H and O–H groups in total. The normalized spacial score (nSPS) is 21.2. The summed E-state index contributed by atoms with van der Waals surface area (Å²) in [6, 6.07) is 5.89. The fourth-order valence-corrected chi connectivity index (χ4v) is 4.03. The second-order valence-electron chi connectivity index (χ2n) is 7.42. The summed E-state index contributed by atoms with van der Waals surface area (Å²) in [5.74, 6) is -1.76. The zero-order valence-electron chi connectivity index (χ0n) is 16.0. The van der Waals surface area contributed by atoms with E-state index in [0.717, 1.165) is 37.2 Å². The van der Waals surface area contributed by atoms with Crippen molar-refractivity contribution in [1.82, 2.24) is 10.2 Å². The molecule has 0 aromatic heterocycles. The minimum absolute atomic E-state index is 0.0799. The van der Waals surface area contributed by atoms with Crippen molar-refractivity contribution in [3.8, 4) is 0 Å². The van der Waals surface area contributed by atoms with Crippen LogP contribution in [0.2, 0.25) is 0 Å². The molecule has 2 heterocycles. The first-order valence-electron chi connectivity index (χ1n) is 9.57. The number of amides is 2. The number of piperidine rings is 2. The second-order valence-corrected chi connectivity index (χ2v) is 7.42. The lowest BCUT2D eigenvalue weighted by Gasteiger charge is -2.31. The van der Waals surface area contributed by atoms with Crippen LogP contribution in [-0.2, 0) is 14.4 Å². The van der Waals surface area contributed by atoms with Gasteiger partial charge < -0.3 is 15.8 Å². The van der Waals surface area contributed by atoms with Gasteiger partial charge in [-0.15, -0.1) is 0 Å². The number of carbonyl (C=O) groups is 3. The number of nitrogens with one attached hydrogen (secondary N) is 3. The molecule has 1 unspecified atom stereocenters. The zero-order chi connectivity index (χ0) is 20.3. The molecule has 1 atom stereocenters. The van der Waals surface area contributed by atoms with Gasteiger partial charge in [-0.3, -0.25) is 24.6 Å². The molecule has 28 heavy (non-hydrogen) atoms. The SMILES string of the molecule is CNc1cc(C2CCN(CC(=O)O)CC2)ccc1C(=N)C1CCC(=O)NC1=O. The zero-order valence-corrected chi connectivity index (χ0v) is 16.0. The number of hydrogen-bond donors (Lipinski definition) is 4. The van der Waals surface area contributed by atoms with Crippen LogP contribution in [-0.4, -0.2) is 60.2 Å². The number of carboxylic acids is 1. The van der Waals surface area contributed by atoms with Gasteiger partial charge in [-0.1, -0.05) is 12.1 Å². The molecule has 0 aliphatic carbocycles. The molecule has 2 amide bonds. The fourth-order valence-electron chi connectivity index (χ4n) is 4.03. The maximum atomic E-state index is 12.1. The number of nitrogens with zero attached hydrogens (tertiary/aromatic N) is 1. The van der Waals surface area contributed by atoms with Crippen LogP contribution in [0.15, 0.2) is 18.2 Å². The molecule has 8 nitrogen and oxygen atoms in total. The summed E-state index contributed by atoms with van der Waals surface area (Å²) in [5, 5.41) is 22.9. The van der Waals surface area contributed by atoms with E-state index >= 15 is 0 Å². The molecule has 2 fully saturated rings. The standard InChI is InChI=1S/C20H26N4O4/c1-22-16-10-13(12-6-8-24(9-7-12)11-18(26)27)2-3-14(16)19(21)15-4-5-17(25)23-20(15)28/h2-3,10,12,15,21-22H,4-9,11H2,1H3,(H,26,27)(H,23,25,28). The minimum atomic E-state index is -0.799. The molecule has 0 spiro atoms. The van der Waals surface area contributed by atoms with Gasteiger partial charge in [-0.25, -0.2) is 0 Å². The predicted octanol–water partition coefficient (Wildman–Crippen LogP) is 1.41. The predicted molar refractivity (Wildman–Crippen MR) is 105 cm³/mol. The Morgan fingerprint density at radius 3 is 2.61 bits per heavy atom. The maximum Gasteiger partial charge on any atom is 0.317 e. The number of carboxylic acid groups (broad SMARTS) is 1. The minimum Gasteiger partial charge on any atom is -0.480 e. The molecule has 1 aromatic rings. The van der Waals surface area contributed by atoms with Crippen LogP contribution in [0.25, 0.3) is 0 Å². The lowest BCUT2D eigenvalue weighted by molar-refractivity contribution is -0.139. The number of carbonyl (C=O) groups excluding carboxylic acids is 2. The Morgan fingerprint density at radius 1 is 1.29 bits per heavy atom. The van der Waals surface area contributed by atoms with E-state index in [9.17, 15) is 14.4 Å². The van der Waals surface area contributed by atoms with Crippen LogP contribution >= 0.6 is 0 Å². The van der Waals surface area contributed by atoms with Crippen molar-refractivity contribution in [3.05, 3.63) is 29.3 Å². The molecule has 0 bridgehead atoms. The lowest BCUT2D eigenvalue weighted by Crippen LogP contribution is -2.44. The van der Waals surface area contributed by atoms with Crippen molar-refractivity contribution in [1.29, 1.82) is 5.41 Å². The third-order valence-corrected chi connectivity index (χ3v) is 5.61. The van der Waals surface area contributed by atoms with Crippen LogP contribution in [0.1, 0.15) is 42.7 Å². The van der Waals surface area contributed by atoms with Crippen molar-refractivity contribution in [2.75, 3.05) is 32.0 Å². The second kappa shape index (κ2) is 8.52. The van der Waals surface area contributed by atoms with Crippen molar-refractivity contribution in [3.63, 3.8) is 0 Å². The number of likely N-dealkylation sites (tertiary alicyclic amines) is 1. The van der Waals surface area contributed by atoms with E-state index in [1.165, 1.54) is 0 Å². The van der Waals surface area contributed by atoms with Crippen LogP contribution in [0.4, 0.5) is 5.69 Å². The Hall–Kier alpha value is -2.74. The topological polar surface area (TPSA) is 123 Å². The highest BCUT2D eigenvalue weighted by Crippen LogP contribution is 2.32. The highest BCUT2D eigenvalue weighted by Gasteiger charge is 2.32. The van der Waals surface area contributed by atoms with E-state index < -0.39 is 17.8 Å². The van der Waals surface area contributed by atoms with Crippen LogP contribution in [0.5, 0.6) is 0 Å². The van der Waals surface area contributed by atoms with Gasteiger partial charge in [0, 0.05) is 24.7 Å². The number of rotatable bonds is 6. The molecular formula is C20H26N4O4. The Labute approximate surface area is 163 Å². The van der Waals surface area contributed by atoms with Gasteiger partial charge in [0.1, 0.15) is 0 Å². The molecular weight excluding hydrogens is 360 g/mol. The lowest BCUT2D eigenvalue weighted by atomic mass is 9.85. The Balaban J connectivity index is 1.72. The molecule has 0 radical (unpaired) electrons. The first-order chi connectivity index (χ1) is 13.4. The van der Waals surface area contributed by atoms with Gasteiger partial charge in [0.25, 0.3) is 0 Å². The summed E-state index contributed by atoms with van der Waals surface area (Å²) < 4.78 is 0. The Bertz CT molecular complexity index is 799. The third-order valence-electron chi connectivity index (χ3n) is 5.61. The highest BCUT2D eigenvalue weighted by molar-refractivity contribution is 6.17. The molecule has 2 saturated heterocycles. The number of anilines is 1.